The molecule has 1 amide bonds. The molecule has 6 nitrogen and oxygen atoms in total. The van der Waals surface area contributed by atoms with Crippen molar-refractivity contribution in [2.75, 3.05) is 43.6 Å². The third-order valence-electron chi connectivity index (χ3n) is 3.60. The molecule has 0 aliphatic carbocycles. The lowest BCUT2D eigenvalue weighted by Crippen LogP contribution is -2.21. The fraction of sp³-hybridized carbons (Fsp3) is 0.381. The van der Waals surface area contributed by atoms with Crippen molar-refractivity contribution in [3.8, 4) is 11.5 Å². The highest BCUT2D eigenvalue weighted by molar-refractivity contribution is 5.93. The summed E-state index contributed by atoms with van der Waals surface area (Å²) in [6.45, 7) is 6.58. The third-order valence-corrected chi connectivity index (χ3v) is 3.60. The largest absolute Gasteiger partial charge is 0.494 e. The van der Waals surface area contributed by atoms with Crippen LogP contribution in [-0.2, 0) is 9.53 Å². The van der Waals surface area contributed by atoms with Gasteiger partial charge < -0.3 is 24.8 Å². The molecule has 2 aromatic carbocycles. The van der Waals surface area contributed by atoms with Crippen LogP contribution < -0.4 is 20.1 Å². The Morgan fingerprint density at radius 1 is 0.889 bits per heavy atom. The second kappa shape index (κ2) is 11.8. The van der Waals surface area contributed by atoms with Gasteiger partial charge in [0.25, 0.3) is 0 Å². The Balaban J connectivity index is 1.76. The number of carbonyl (C=O) groups is 1. The topological polar surface area (TPSA) is 68.8 Å². The van der Waals surface area contributed by atoms with Gasteiger partial charge in [-0.2, -0.15) is 0 Å². The minimum absolute atomic E-state index is 0.125. The van der Waals surface area contributed by atoms with E-state index < -0.39 is 0 Å². The molecule has 0 atom stereocenters. The molecule has 2 N–H and O–H groups in total. The Morgan fingerprint density at radius 3 is 2.41 bits per heavy atom. The Bertz CT molecular complexity index is 689. The summed E-state index contributed by atoms with van der Waals surface area (Å²) in [7, 11) is 0. The molecule has 2 rings (SSSR count). The number of nitrogens with one attached hydrogen (secondary N) is 2. The van der Waals surface area contributed by atoms with Crippen LogP contribution in [0.2, 0.25) is 0 Å². The summed E-state index contributed by atoms with van der Waals surface area (Å²) in [5.41, 5.74) is 1.56. The molecule has 0 saturated heterocycles. The van der Waals surface area contributed by atoms with Crippen LogP contribution in [0, 0.1) is 0 Å². The van der Waals surface area contributed by atoms with Crippen LogP contribution >= 0.6 is 0 Å². The molecule has 146 valence electrons. The zero-order valence-corrected chi connectivity index (χ0v) is 16.0. The van der Waals surface area contributed by atoms with Gasteiger partial charge in [0.05, 0.1) is 19.8 Å². The van der Waals surface area contributed by atoms with Crippen LogP contribution in [0.5, 0.6) is 11.5 Å². The maximum Gasteiger partial charge on any atom is 0.243 e. The first-order valence-corrected chi connectivity index (χ1v) is 9.28. The molecule has 27 heavy (non-hydrogen) atoms. The van der Waals surface area contributed by atoms with Crippen LogP contribution in [0.1, 0.15) is 20.3 Å². The molecular weight excluding hydrogens is 344 g/mol. The lowest BCUT2D eigenvalue weighted by atomic mass is 10.3. The Morgan fingerprint density at radius 2 is 1.67 bits per heavy atom. The van der Waals surface area contributed by atoms with Gasteiger partial charge in [0.2, 0.25) is 5.91 Å². The molecule has 0 aromatic heterocycles. The number of hydrogen-bond acceptors (Lipinski definition) is 5. The molecule has 0 saturated carbocycles. The molecule has 0 radical (unpaired) electrons. The van der Waals surface area contributed by atoms with Gasteiger partial charge in [-0.15, -0.1) is 0 Å². The Kier molecular flexibility index (Phi) is 9.00. The number of benzene rings is 2. The molecule has 0 unspecified atom stereocenters. The maximum absolute atomic E-state index is 12.1. The first-order chi connectivity index (χ1) is 13.2. The average Bonchev–Trinajstić information content (AvgIpc) is 2.69. The van der Waals surface area contributed by atoms with Gasteiger partial charge in [-0.3, -0.25) is 4.79 Å². The van der Waals surface area contributed by atoms with Crippen molar-refractivity contribution in [2.45, 2.75) is 20.3 Å². The number of anilines is 2. The van der Waals surface area contributed by atoms with Gasteiger partial charge >= 0.3 is 0 Å². The minimum atomic E-state index is -0.125. The number of carbonyl (C=O) groups excluding carboxylic acids is 1. The van der Waals surface area contributed by atoms with Gasteiger partial charge in [0.1, 0.15) is 18.1 Å². The van der Waals surface area contributed by atoms with E-state index in [-0.39, 0.29) is 12.5 Å². The van der Waals surface area contributed by atoms with Crippen LogP contribution in [0.4, 0.5) is 11.4 Å². The predicted octanol–water partition coefficient (Wildman–Crippen LogP) is 3.94. The number of amides is 1. The molecule has 0 fully saturated rings. The van der Waals surface area contributed by atoms with Crippen molar-refractivity contribution in [2.24, 2.45) is 0 Å². The summed E-state index contributed by atoms with van der Waals surface area (Å²) in [4.78, 5) is 12.1. The molecule has 0 aliphatic heterocycles. The van der Waals surface area contributed by atoms with Crippen molar-refractivity contribution in [3.05, 3.63) is 48.5 Å². The maximum atomic E-state index is 12.1. The lowest BCUT2D eigenvalue weighted by Gasteiger charge is -2.11. The van der Waals surface area contributed by atoms with Crippen molar-refractivity contribution < 1.29 is 19.0 Å². The molecular formula is C21H28N2O4. The van der Waals surface area contributed by atoms with Crippen LogP contribution in [0.25, 0.3) is 0 Å². The highest BCUT2D eigenvalue weighted by atomic mass is 16.5. The van der Waals surface area contributed by atoms with Gasteiger partial charge in [0.15, 0.2) is 0 Å². The summed E-state index contributed by atoms with van der Waals surface area (Å²) in [5.74, 6) is 1.41. The van der Waals surface area contributed by atoms with E-state index in [4.69, 9.17) is 14.2 Å². The molecule has 6 heteroatoms. The fourth-order valence-electron chi connectivity index (χ4n) is 2.30. The summed E-state index contributed by atoms with van der Waals surface area (Å²) in [6, 6.07) is 14.9. The highest BCUT2D eigenvalue weighted by Crippen LogP contribution is 2.18. The molecule has 0 bridgehead atoms. The van der Waals surface area contributed by atoms with Crippen LogP contribution in [0.3, 0.4) is 0 Å². The van der Waals surface area contributed by atoms with Gasteiger partial charge in [-0.25, -0.2) is 0 Å². The van der Waals surface area contributed by atoms with E-state index in [1.807, 2.05) is 55.5 Å². The van der Waals surface area contributed by atoms with E-state index in [1.165, 1.54) is 0 Å². The van der Waals surface area contributed by atoms with E-state index in [0.717, 1.165) is 29.3 Å². The first kappa shape index (κ1) is 20.6. The predicted molar refractivity (Wildman–Crippen MR) is 108 cm³/mol. The van der Waals surface area contributed by atoms with Gasteiger partial charge in [-0.1, -0.05) is 13.0 Å². The monoisotopic (exact) mass is 372 g/mol. The van der Waals surface area contributed by atoms with E-state index in [9.17, 15) is 4.79 Å². The average molecular weight is 372 g/mol. The summed E-state index contributed by atoms with van der Waals surface area (Å²) < 4.78 is 16.4. The van der Waals surface area contributed by atoms with E-state index in [0.29, 0.717) is 26.4 Å². The minimum Gasteiger partial charge on any atom is -0.494 e. The van der Waals surface area contributed by atoms with Crippen molar-refractivity contribution in [1.82, 2.24) is 0 Å². The van der Waals surface area contributed by atoms with Crippen molar-refractivity contribution in [3.63, 3.8) is 0 Å². The smallest absolute Gasteiger partial charge is 0.243 e. The van der Waals surface area contributed by atoms with Crippen molar-refractivity contribution in [1.29, 1.82) is 0 Å². The molecule has 0 spiro atoms. The highest BCUT2D eigenvalue weighted by Gasteiger charge is 2.04. The Hall–Kier alpha value is -2.73. The van der Waals surface area contributed by atoms with Gasteiger partial charge in [0, 0.05) is 24.0 Å². The molecule has 2 aromatic rings. The number of rotatable bonds is 12. The van der Waals surface area contributed by atoms with E-state index in [2.05, 4.69) is 17.6 Å². The van der Waals surface area contributed by atoms with Crippen LogP contribution in [-0.4, -0.2) is 38.9 Å². The first-order valence-electron chi connectivity index (χ1n) is 9.28. The molecule has 0 heterocycles. The normalized spacial score (nSPS) is 10.3. The zero-order valence-electron chi connectivity index (χ0n) is 16.0. The van der Waals surface area contributed by atoms with E-state index in [1.54, 1.807) is 0 Å². The lowest BCUT2D eigenvalue weighted by molar-refractivity contribution is -0.114. The number of hydrogen-bond donors (Lipinski definition) is 2. The second-order valence-electron chi connectivity index (χ2n) is 5.85. The van der Waals surface area contributed by atoms with Crippen LogP contribution in [0.15, 0.2) is 48.5 Å². The summed E-state index contributed by atoms with van der Waals surface area (Å²) in [6.07, 6.45) is 0.961. The summed E-state index contributed by atoms with van der Waals surface area (Å²) in [5, 5.41) is 5.95. The fourth-order valence-corrected chi connectivity index (χ4v) is 2.30. The van der Waals surface area contributed by atoms with E-state index >= 15 is 0 Å². The standard InChI is InChI=1S/C21H28N2O4/c1-3-12-26-19-10-8-17(9-11-19)23-21(24)16-22-18-6-5-7-20(15-18)27-14-13-25-4-2/h5-11,15,22H,3-4,12-14,16H2,1-2H3,(H,23,24). The van der Waals surface area contributed by atoms with Crippen molar-refractivity contribution >= 4 is 17.3 Å². The van der Waals surface area contributed by atoms with Gasteiger partial charge in [-0.05, 0) is 49.7 Å². The number of ether oxygens (including phenoxy) is 3. The third kappa shape index (κ3) is 8.00. The SMILES string of the molecule is CCCOc1ccc(NC(=O)CNc2cccc(OCCOCC)c2)cc1. The second-order valence-corrected chi connectivity index (χ2v) is 5.85. The summed E-state index contributed by atoms with van der Waals surface area (Å²) >= 11 is 0. The zero-order chi connectivity index (χ0) is 19.3. The quantitative estimate of drug-likeness (QED) is 0.552. The Labute approximate surface area is 160 Å². The molecule has 0 aliphatic rings.